The number of carbonyl (C=O) groups excluding carboxylic acids is 2. The molecule has 4 nitrogen and oxygen atoms in total. The first-order chi connectivity index (χ1) is 8.20. The molecule has 1 aliphatic heterocycles. The van der Waals surface area contributed by atoms with Gasteiger partial charge in [-0.2, -0.15) is 0 Å². The summed E-state index contributed by atoms with van der Waals surface area (Å²) in [6.07, 6.45) is 6.40. The second-order valence-corrected chi connectivity index (χ2v) is 5.21. The number of rotatable bonds is 2. The molecule has 1 heterocycles. The van der Waals surface area contributed by atoms with Gasteiger partial charge in [-0.1, -0.05) is 26.2 Å². The Bertz CT molecular complexity index is 304. The predicted molar refractivity (Wildman–Crippen MR) is 65.4 cm³/mol. The Morgan fingerprint density at radius 2 is 2.18 bits per heavy atom. The third-order valence-electron chi connectivity index (χ3n) is 4.11. The molecule has 0 spiro atoms. The molecule has 1 saturated heterocycles. The van der Waals surface area contributed by atoms with Crippen LogP contribution in [-0.4, -0.2) is 35.8 Å². The fourth-order valence-electron chi connectivity index (χ4n) is 3.01. The van der Waals surface area contributed by atoms with Crippen molar-refractivity contribution in [1.82, 2.24) is 10.2 Å². The fraction of sp³-hybridized carbons (Fsp3) is 0.846. The van der Waals surface area contributed by atoms with Gasteiger partial charge in [-0.3, -0.25) is 9.59 Å². The molecule has 2 atom stereocenters. The number of carbonyl (C=O) groups is 2. The van der Waals surface area contributed by atoms with E-state index in [0.717, 1.165) is 18.8 Å². The van der Waals surface area contributed by atoms with Crippen LogP contribution in [0.2, 0.25) is 0 Å². The molecule has 0 aromatic heterocycles. The van der Waals surface area contributed by atoms with E-state index in [2.05, 4.69) is 12.2 Å². The van der Waals surface area contributed by atoms with Crippen molar-refractivity contribution in [2.24, 2.45) is 5.92 Å². The highest BCUT2D eigenvalue weighted by Crippen LogP contribution is 2.30. The molecule has 1 aliphatic carbocycles. The summed E-state index contributed by atoms with van der Waals surface area (Å²) in [6, 6.07) is 0.369. The van der Waals surface area contributed by atoms with Crippen molar-refractivity contribution in [3.63, 3.8) is 0 Å². The molecule has 2 unspecified atom stereocenters. The maximum Gasteiger partial charge on any atom is 0.242 e. The Hall–Kier alpha value is -1.06. The van der Waals surface area contributed by atoms with Gasteiger partial charge in [0.25, 0.3) is 0 Å². The highest BCUT2D eigenvalue weighted by molar-refractivity contribution is 5.87. The van der Waals surface area contributed by atoms with Crippen LogP contribution in [0.1, 0.15) is 45.4 Å². The van der Waals surface area contributed by atoms with Crippen molar-refractivity contribution in [2.75, 3.05) is 13.1 Å². The van der Waals surface area contributed by atoms with E-state index in [1.54, 1.807) is 0 Å². The lowest BCUT2D eigenvalue weighted by atomic mass is 9.83. The molecule has 2 amide bonds. The van der Waals surface area contributed by atoms with Gasteiger partial charge >= 0.3 is 0 Å². The fourth-order valence-corrected chi connectivity index (χ4v) is 3.01. The summed E-state index contributed by atoms with van der Waals surface area (Å²) in [5, 5.41) is 2.66. The molecular weight excluding hydrogens is 216 g/mol. The SMILES string of the molecule is CCC1CCCC(N2CCC(=O)NCC2=O)C1. The molecule has 0 radical (unpaired) electrons. The molecule has 4 heteroatoms. The normalized spacial score (nSPS) is 31.0. The summed E-state index contributed by atoms with van der Waals surface area (Å²) in [5.74, 6) is 0.856. The van der Waals surface area contributed by atoms with E-state index in [4.69, 9.17) is 0 Å². The van der Waals surface area contributed by atoms with Crippen LogP contribution in [0, 0.1) is 5.92 Å². The smallest absolute Gasteiger partial charge is 0.242 e. The van der Waals surface area contributed by atoms with Crippen LogP contribution in [0.4, 0.5) is 0 Å². The topological polar surface area (TPSA) is 49.4 Å². The van der Waals surface area contributed by atoms with Gasteiger partial charge in [0.2, 0.25) is 11.8 Å². The summed E-state index contributed by atoms with van der Waals surface area (Å²) in [6.45, 7) is 3.01. The molecule has 17 heavy (non-hydrogen) atoms. The van der Waals surface area contributed by atoms with Crippen LogP contribution in [0.5, 0.6) is 0 Å². The first-order valence-corrected chi connectivity index (χ1v) is 6.77. The average molecular weight is 238 g/mol. The number of nitrogens with one attached hydrogen (secondary N) is 1. The summed E-state index contributed by atoms with van der Waals surface area (Å²) in [5.41, 5.74) is 0. The Labute approximate surface area is 103 Å². The molecule has 96 valence electrons. The van der Waals surface area contributed by atoms with Crippen molar-refractivity contribution in [2.45, 2.75) is 51.5 Å². The number of nitrogens with zero attached hydrogens (tertiary/aromatic N) is 1. The predicted octanol–water partition coefficient (Wildman–Crippen LogP) is 1.30. The minimum atomic E-state index is 0.00343. The molecule has 2 fully saturated rings. The number of amides is 2. The van der Waals surface area contributed by atoms with Crippen LogP contribution < -0.4 is 5.32 Å². The molecule has 2 aliphatic rings. The largest absolute Gasteiger partial charge is 0.347 e. The molecule has 0 bridgehead atoms. The van der Waals surface area contributed by atoms with Gasteiger partial charge in [-0.05, 0) is 18.8 Å². The van der Waals surface area contributed by atoms with Crippen molar-refractivity contribution >= 4 is 11.8 Å². The summed E-state index contributed by atoms with van der Waals surface area (Å²) in [4.78, 5) is 25.2. The van der Waals surface area contributed by atoms with Gasteiger partial charge in [0.15, 0.2) is 0 Å². The maximum absolute atomic E-state index is 12.0. The third-order valence-corrected chi connectivity index (χ3v) is 4.11. The zero-order valence-corrected chi connectivity index (χ0v) is 10.6. The van der Waals surface area contributed by atoms with E-state index >= 15 is 0 Å². The quantitative estimate of drug-likeness (QED) is 0.788. The third kappa shape index (κ3) is 2.99. The first-order valence-electron chi connectivity index (χ1n) is 6.77. The highest BCUT2D eigenvalue weighted by Gasteiger charge is 2.30. The first kappa shape index (κ1) is 12.4. The minimum Gasteiger partial charge on any atom is -0.347 e. The monoisotopic (exact) mass is 238 g/mol. The van der Waals surface area contributed by atoms with Crippen LogP contribution in [0.25, 0.3) is 0 Å². The highest BCUT2D eigenvalue weighted by atomic mass is 16.2. The summed E-state index contributed by atoms with van der Waals surface area (Å²) >= 11 is 0. The van der Waals surface area contributed by atoms with Crippen LogP contribution in [0.3, 0.4) is 0 Å². The van der Waals surface area contributed by atoms with Gasteiger partial charge in [-0.25, -0.2) is 0 Å². The van der Waals surface area contributed by atoms with Crippen molar-refractivity contribution < 1.29 is 9.59 Å². The lowest BCUT2D eigenvalue weighted by Gasteiger charge is -2.36. The zero-order valence-electron chi connectivity index (χ0n) is 10.6. The minimum absolute atomic E-state index is 0.00343. The lowest BCUT2D eigenvalue weighted by molar-refractivity contribution is -0.133. The van der Waals surface area contributed by atoms with E-state index in [9.17, 15) is 9.59 Å². The molecule has 2 rings (SSSR count). The van der Waals surface area contributed by atoms with Gasteiger partial charge < -0.3 is 10.2 Å². The second kappa shape index (κ2) is 5.52. The van der Waals surface area contributed by atoms with Crippen molar-refractivity contribution in [3.8, 4) is 0 Å². The number of hydrogen-bond acceptors (Lipinski definition) is 2. The molecular formula is C13H22N2O2. The molecule has 1 N–H and O–H groups in total. The summed E-state index contributed by atoms with van der Waals surface area (Å²) in [7, 11) is 0. The van der Waals surface area contributed by atoms with E-state index in [-0.39, 0.29) is 18.4 Å². The van der Waals surface area contributed by atoms with Gasteiger partial charge in [0.05, 0.1) is 6.54 Å². The summed E-state index contributed by atoms with van der Waals surface area (Å²) < 4.78 is 0. The van der Waals surface area contributed by atoms with Gasteiger partial charge in [0.1, 0.15) is 0 Å². The van der Waals surface area contributed by atoms with Gasteiger partial charge in [-0.15, -0.1) is 0 Å². The Kier molecular flexibility index (Phi) is 4.02. The van der Waals surface area contributed by atoms with E-state index in [0.29, 0.717) is 19.0 Å². The van der Waals surface area contributed by atoms with Crippen LogP contribution >= 0.6 is 0 Å². The van der Waals surface area contributed by atoms with Crippen molar-refractivity contribution in [1.29, 1.82) is 0 Å². The zero-order chi connectivity index (χ0) is 12.3. The van der Waals surface area contributed by atoms with E-state index in [1.807, 2.05) is 4.90 Å². The number of hydrogen-bond donors (Lipinski definition) is 1. The average Bonchev–Trinajstić information content (AvgIpc) is 2.52. The standard InChI is InChI=1S/C13H22N2O2/c1-2-10-4-3-5-11(8-10)15-7-6-12(16)14-9-13(15)17/h10-11H,2-9H2,1H3,(H,14,16). The van der Waals surface area contributed by atoms with E-state index in [1.165, 1.54) is 19.3 Å². The molecule has 1 saturated carbocycles. The second-order valence-electron chi connectivity index (χ2n) is 5.21. The molecule has 0 aromatic carbocycles. The lowest BCUT2D eigenvalue weighted by Crippen LogP contribution is -2.44. The van der Waals surface area contributed by atoms with Crippen molar-refractivity contribution in [3.05, 3.63) is 0 Å². The van der Waals surface area contributed by atoms with Crippen LogP contribution in [0.15, 0.2) is 0 Å². The maximum atomic E-state index is 12.0. The Balaban J connectivity index is 1.99. The Morgan fingerprint density at radius 3 is 2.94 bits per heavy atom. The Morgan fingerprint density at radius 1 is 1.35 bits per heavy atom. The van der Waals surface area contributed by atoms with E-state index < -0.39 is 0 Å². The van der Waals surface area contributed by atoms with Gasteiger partial charge in [0, 0.05) is 19.0 Å². The molecule has 0 aromatic rings. The van der Waals surface area contributed by atoms with Crippen LogP contribution in [-0.2, 0) is 9.59 Å².